The van der Waals surface area contributed by atoms with E-state index >= 15 is 0 Å². The van der Waals surface area contributed by atoms with Crippen molar-refractivity contribution in [3.05, 3.63) is 35.1 Å². The molecule has 1 aromatic carbocycles. The molecule has 1 N–H and O–H groups in total. The highest BCUT2D eigenvalue weighted by molar-refractivity contribution is 5.78. The first-order valence-corrected chi connectivity index (χ1v) is 6.44. The summed E-state index contributed by atoms with van der Waals surface area (Å²) in [5, 5.41) is 8.67. The van der Waals surface area contributed by atoms with Gasteiger partial charge in [-0.1, -0.05) is 11.8 Å². The van der Waals surface area contributed by atoms with E-state index in [1.165, 1.54) is 12.1 Å². The summed E-state index contributed by atoms with van der Waals surface area (Å²) in [6.07, 6.45) is 0.355. The van der Waals surface area contributed by atoms with Crippen LogP contribution in [-0.2, 0) is 16.1 Å². The van der Waals surface area contributed by atoms with Gasteiger partial charge in [0, 0.05) is 25.1 Å². The fourth-order valence-corrected chi connectivity index (χ4v) is 1.97. The van der Waals surface area contributed by atoms with E-state index in [2.05, 4.69) is 11.8 Å². The van der Waals surface area contributed by atoms with Crippen molar-refractivity contribution in [2.45, 2.75) is 13.0 Å². The van der Waals surface area contributed by atoms with Crippen molar-refractivity contribution >= 4 is 5.91 Å². The number of carbonyl (C=O) groups excluding carboxylic acids is 1. The molecule has 2 rings (SSSR count). The summed E-state index contributed by atoms with van der Waals surface area (Å²) in [5.41, 5.74) is 1.25. The number of aliphatic hydroxyl groups is 1. The second-order valence-corrected chi connectivity index (χ2v) is 4.49. The van der Waals surface area contributed by atoms with Crippen molar-refractivity contribution in [3.8, 4) is 11.8 Å². The molecule has 0 unspecified atom stereocenters. The minimum atomic E-state index is -0.378. The van der Waals surface area contributed by atoms with Gasteiger partial charge in [-0.25, -0.2) is 4.39 Å². The number of halogens is 1. The monoisotopic (exact) mass is 277 g/mol. The van der Waals surface area contributed by atoms with E-state index in [0.29, 0.717) is 37.2 Å². The largest absolute Gasteiger partial charge is 0.395 e. The van der Waals surface area contributed by atoms with Crippen LogP contribution in [0.15, 0.2) is 18.2 Å². The van der Waals surface area contributed by atoms with Gasteiger partial charge in [-0.3, -0.25) is 4.79 Å². The Labute approximate surface area is 117 Å². The molecule has 0 aromatic heterocycles. The Balaban J connectivity index is 2.11. The fraction of sp³-hybridized carbons (Fsp3) is 0.400. The lowest BCUT2D eigenvalue weighted by molar-refractivity contribution is -0.143. The van der Waals surface area contributed by atoms with E-state index in [4.69, 9.17) is 9.84 Å². The van der Waals surface area contributed by atoms with Gasteiger partial charge in [0.2, 0.25) is 5.91 Å². The van der Waals surface area contributed by atoms with Crippen LogP contribution in [0.3, 0.4) is 0 Å². The smallest absolute Gasteiger partial charge is 0.248 e. The molecule has 0 spiro atoms. The van der Waals surface area contributed by atoms with Gasteiger partial charge in [0.15, 0.2) is 0 Å². The van der Waals surface area contributed by atoms with Crippen LogP contribution >= 0.6 is 0 Å². The number of ether oxygens (including phenoxy) is 1. The molecular weight excluding hydrogens is 261 g/mol. The summed E-state index contributed by atoms with van der Waals surface area (Å²) >= 11 is 0. The number of benzene rings is 1. The highest BCUT2D eigenvalue weighted by Gasteiger charge is 2.18. The number of amides is 1. The number of nitrogens with zero attached hydrogens (tertiary/aromatic N) is 1. The van der Waals surface area contributed by atoms with Crippen molar-refractivity contribution in [1.29, 1.82) is 0 Å². The first-order chi connectivity index (χ1) is 9.69. The molecule has 1 amide bonds. The third-order valence-corrected chi connectivity index (χ3v) is 2.88. The van der Waals surface area contributed by atoms with Crippen LogP contribution in [0.25, 0.3) is 0 Å². The standard InChI is InChI=1S/C15H16FNO3/c16-14-8-12(3-1-2-5-18)7-13(9-14)10-17-4-6-20-11-15(17)19/h7-9,18H,2,4-6,10-11H2. The van der Waals surface area contributed by atoms with Crippen LogP contribution in [0.4, 0.5) is 4.39 Å². The Kier molecular flexibility index (Phi) is 5.10. The predicted molar refractivity (Wildman–Crippen MR) is 71.2 cm³/mol. The third-order valence-electron chi connectivity index (χ3n) is 2.88. The van der Waals surface area contributed by atoms with Crippen LogP contribution in [0.2, 0.25) is 0 Å². The van der Waals surface area contributed by atoms with Gasteiger partial charge in [0.05, 0.1) is 13.2 Å². The minimum absolute atomic E-state index is 0.0164. The molecule has 1 heterocycles. The zero-order chi connectivity index (χ0) is 14.4. The highest BCUT2D eigenvalue weighted by Crippen LogP contribution is 2.12. The Morgan fingerprint density at radius 2 is 2.25 bits per heavy atom. The lowest BCUT2D eigenvalue weighted by Crippen LogP contribution is -2.40. The molecular formula is C15H16FNO3. The lowest BCUT2D eigenvalue weighted by Gasteiger charge is -2.26. The molecule has 1 aliphatic heterocycles. The van der Waals surface area contributed by atoms with Crippen molar-refractivity contribution in [1.82, 2.24) is 4.90 Å². The predicted octanol–water partition coefficient (Wildman–Crippen LogP) is 0.918. The van der Waals surface area contributed by atoms with E-state index in [-0.39, 0.29) is 24.9 Å². The molecule has 0 saturated carbocycles. The van der Waals surface area contributed by atoms with Gasteiger partial charge in [-0.15, -0.1) is 0 Å². The van der Waals surface area contributed by atoms with Crippen molar-refractivity contribution in [2.75, 3.05) is 26.4 Å². The zero-order valence-electron chi connectivity index (χ0n) is 11.1. The molecule has 1 aromatic rings. The number of rotatable bonds is 3. The van der Waals surface area contributed by atoms with Crippen LogP contribution < -0.4 is 0 Å². The Morgan fingerprint density at radius 1 is 1.40 bits per heavy atom. The van der Waals surface area contributed by atoms with Crippen LogP contribution in [0.5, 0.6) is 0 Å². The van der Waals surface area contributed by atoms with Crippen molar-refractivity contribution in [3.63, 3.8) is 0 Å². The fourth-order valence-electron chi connectivity index (χ4n) is 1.97. The van der Waals surface area contributed by atoms with E-state index in [0.717, 1.165) is 0 Å². The molecule has 0 bridgehead atoms. The van der Waals surface area contributed by atoms with Gasteiger partial charge >= 0.3 is 0 Å². The van der Waals surface area contributed by atoms with Gasteiger partial charge in [-0.2, -0.15) is 0 Å². The molecule has 20 heavy (non-hydrogen) atoms. The summed E-state index contributed by atoms with van der Waals surface area (Å²) in [4.78, 5) is 13.3. The van der Waals surface area contributed by atoms with Crippen molar-refractivity contribution < 1.29 is 19.0 Å². The summed E-state index contributed by atoms with van der Waals surface area (Å²) in [7, 11) is 0. The normalized spacial score (nSPS) is 14.9. The third kappa shape index (κ3) is 4.05. The van der Waals surface area contributed by atoms with Gasteiger partial charge in [0.1, 0.15) is 12.4 Å². The summed E-state index contributed by atoms with van der Waals surface area (Å²) in [6, 6.07) is 4.51. The molecule has 5 heteroatoms. The van der Waals surface area contributed by atoms with E-state index in [1.54, 1.807) is 11.0 Å². The van der Waals surface area contributed by atoms with Crippen LogP contribution in [-0.4, -0.2) is 42.3 Å². The van der Waals surface area contributed by atoms with Gasteiger partial charge in [-0.05, 0) is 23.8 Å². The molecule has 0 atom stereocenters. The van der Waals surface area contributed by atoms with E-state index in [9.17, 15) is 9.18 Å². The maximum absolute atomic E-state index is 13.5. The van der Waals surface area contributed by atoms with Crippen LogP contribution in [0, 0.1) is 17.7 Å². The lowest BCUT2D eigenvalue weighted by atomic mass is 10.1. The van der Waals surface area contributed by atoms with E-state index < -0.39 is 0 Å². The van der Waals surface area contributed by atoms with Crippen LogP contribution in [0.1, 0.15) is 17.5 Å². The molecule has 106 valence electrons. The second-order valence-electron chi connectivity index (χ2n) is 4.49. The first kappa shape index (κ1) is 14.5. The Bertz CT molecular complexity index is 548. The number of hydrogen-bond donors (Lipinski definition) is 1. The quantitative estimate of drug-likeness (QED) is 0.836. The molecule has 1 aliphatic rings. The Morgan fingerprint density at radius 3 is 3.00 bits per heavy atom. The van der Waals surface area contributed by atoms with Crippen molar-refractivity contribution in [2.24, 2.45) is 0 Å². The number of aliphatic hydroxyl groups excluding tert-OH is 1. The SMILES string of the molecule is O=C1COCCN1Cc1cc(F)cc(C#CCCO)c1. The van der Waals surface area contributed by atoms with E-state index in [1.807, 2.05) is 0 Å². The molecule has 0 radical (unpaired) electrons. The average molecular weight is 277 g/mol. The van der Waals surface area contributed by atoms with Gasteiger partial charge in [0.25, 0.3) is 0 Å². The zero-order valence-corrected chi connectivity index (χ0v) is 11.1. The maximum Gasteiger partial charge on any atom is 0.248 e. The first-order valence-electron chi connectivity index (χ1n) is 6.44. The highest BCUT2D eigenvalue weighted by atomic mass is 19.1. The topological polar surface area (TPSA) is 49.8 Å². The second kappa shape index (κ2) is 7.04. The molecule has 1 saturated heterocycles. The minimum Gasteiger partial charge on any atom is -0.395 e. The molecule has 4 nitrogen and oxygen atoms in total. The maximum atomic E-state index is 13.5. The number of morpholine rings is 1. The van der Waals surface area contributed by atoms with Gasteiger partial charge < -0.3 is 14.7 Å². The molecule has 0 aliphatic carbocycles. The summed E-state index contributed by atoms with van der Waals surface area (Å²) in [5.74, 6) is 5.08. The number of carbonyl (C=O) groups is 1. The average Bonchev–Trinajstić information content (AvgIpc) is 2.41. The summed E-state index contributed by atoms with van der Waals surface area (Å²) < 4.78 is 18.6. The molecule has 1 fully saturated rings. The Hall–Kier alpha value is -1.90. The number of hydrogen-bond acceptors (Lipinski definition) is 3. The summed E-state index contributed by atoms with van der Waals surface area (Å²) in [6.45, 7) is 1.44.